The van der Waals surface area contributed by atoms with Gasteiger partial charge in [0.1, 0.15) is 17.2 Å². The maximum absolute atomic E-state index is 14.0. The minimum absolute atomic E-state index is 0.0400. The maximum Gasteiger partial charge on any atom is 0.293 e. The lowest BCUT2D eigenvalue weighted by molar-refractivity contribution is -0.384. The predicted molar refractivity (Wildman–Crippen MR) is 269 cm³/mol. The second-order valence-corrected chi connectivity index (χ2v) is 17.6. The van der Waals surface area contributed by atoms with Crippen LogP contribution in [0.2, 0.25) is 0 Å². The molecule has 6 rings (SSSR count). The van der Waals surface area contributed by atoms with Crippen molar-refractivity contribution in [2.24, 2.45) is 17.0 Å². The monoisotopic (exact) mass is 1010 g/mol. The molecule has 13 heteroatoms. The number of hydrogen-bond donors (Lipinski definition) is 3. The minimum atomic E-state index is -0.576. The minimum Gasteiger partial charge on any atom is -0.383 e. The Morgan fingerprint density at radius 2 is 1.15 bits per heavy atom. The molecule has 0 fully saturated rings. The number of nitro benzene ring substituents is 1. The van der Waals surface area contributed by atoms with Crippen LogP contribution in [0.4, 0.5) is 37.2 Å². The Hall–Kier alpha value is -6.31. The molecule has 2 unspecified atom stereocenters. The molecule has 9 nitrogen and oxygen atoms in total. The van der Waals surface area contributed by atoms with Crippen LogP contribution in [-0.2, 0) is 11.2 Å². The molecule has 3 N–H and O–H groups in total. The number of carbonyl (C=O) groups is 1. The van der Waals surface area contributed by atoms with Crippen LogP contribution in [0.15, 0.2) is 173 Å². The van der Waals surface area contributed by atoms with Gasteiger partial charge in [-0.2, -0.15) is 0 Å². The lowest BCUT2D eigenvalue weighted by atomic mass is 9.89. The van der Waals surface area contributed by atoms with E-state index in [9.17, 15) is 28.6 Å². The summed E-state index contributed by atoms with van der Waals surface area (Å²) in [6.07, 6.45) is 3.69. The number of allylic oxidation sites excluding steroid dienone is 2. The van der Waals surface area contributed by atoms with Gasteiger partial charge >= 0.3 is 0 Å². The van der Waals surface area contributed by atoms with Gasteiger partial charge in [-0.3, -0.25) is 14.9 Å². The summed E-state index contributed by atoms with van der Waals surface area (Å²) < 4.78 is 27.9. The molecule has 65 heavy (non-hydrogen) atoms. The van der Waals surface area contributed by atoms with E-state index in [4.69, 9.17) is 0 Å². The lowest BCUT2D eigenvalue weighted by Gasteiger charge is -2.23. The first-order valence-electron chi connectivity index (χ1n) is 20.9. The van der Waals surface area contributed by atoms with Crippen LogP contribution in [0.25, 0.3) is 0 Å². The van der Waals surface area contributed by atoms with Crippen LogP contribution in [0.1, 0.15) is 67.3 Å². The average Bonchev–Trinajstić information content (AvgIpc) is 3.28. The Balaban J connectivity index is 0.000000245. The first-order chi connectivity index (χ1) is 31.2. The summed E-state index contributed by atoms with van der Waals surface area (Å²) in [5.74, 6) is -0.643. The second-order valence-electron chi connectivity index (χ2n) is 15.7. The van der Waals surface area contributed by atoms with Crippen LogP contribution >= 0.6 is 31.9 Å². The number of halogens is 4. The molecule has 0 bridgehead atoms. The van der Waals surface area contributed by atoms with Gasteiger partial charge in [-0.1, -0.05) is 163 Å². The van der Waals surface area contributed by atoms with Gasteiger partial charge in [0.15, 0.2) is 5.82 Å². The SMILES string of the molecule is C=CC(c1ccccc1)c1cc(Br)cc(NC(=O)Cc2ccccc2F)c1NCC(C)C.C=CC(c1ccccc1)c1cc(Br)cc([N+](=O)[O-])c1NCC(C)C.O=Nc1ccccc1F. The third-order valence-electron chi connectivity index (χ3n) is 9.81. The average molecular weight is 1010 g/mol. The number of rotatable bonds is 17. The molecular formula is C52H53Br2F2N5O4. The third kappa shape index (κ3) is 15.4. The predicted octanol–water partition coefficient (Wildman–Crippen LogP) is 15.1. The number of benzene rings is 6. The Morgan fingerprint density at radius 3 is 1.62 bits per heavy atom. The molecule has 0 radical (unpaired) electrons. The van der Waals surface area contributed by atoms with Crippen LogP contribution in [0.5, 0.6) is 0 Å². The van der Waals surface area contributed by atoms with E-state index in [0.717, 1.165) is 39.0 Å². The quantitative estimate of drug-likeness (QED) is 0.0362. The molecule has 6 aromatic carbocycles. The third-order valence-corrected chi connectivity index (χ3v) is 10.7. The fourth-order valence-corrected chi connectivity index (χ4v) is 7.66. The van der Waals surface area contributed by atoms with Crippen molar-refractivity contribution in [3.8, 4) is 0 Å². The number of nitro groups is 1. The van der Waals surface area contributed by atoms with E-state index in [0.29, 0.717) is 39.8 Å². The first kappa shape index (κ1) is 51.3. The van der Waals surface area contributed by atoms with Crippen molar-refractivity contribution in [3.05, 3.63) is 222 Å². The highest BCUT2D eigenvalue weighted by atomic mass is 79.9. The number of hydrogen-bond acceptors (Lipinski definition) is 7. The molecule has 6 aromatic rings. The summed E-state index contributed by atoms with van der Waals surface area (Å²) in [4.78, 5) is 33.7. The maximum atomic E-state index is 14.0. The number of amides is 1. The lowest BCUT2D eigenvalue weighted by Crippen LogP contribution is -2.19. The molecule has 0 spiro atoms. The van der Waals surface area contributed by atoms with Crippen molar-refractivity contribution in [3.63, 3.8) is 0 Å². The molecular weight excluding hydrogens is 956 g/mol. The molecule has 0 aliphatic carbocycles. The van der Waals surface area contributed by atoms with Gasteiger partial charge in [-0.25, -0.2) is 8.78 Å². The van der Waals surface area contributed by atoms with Crippen LogP contribution in [0.3, 0.4) is 0 Å². The zero-order chi connectivity index (χ0) is 47.5. The number of nitrogens with one attached hydrogen (secondary N) is 3. The standard InChI is InChI=1S/C27H28BrFN2O.C19H21BrN2O2.C6H4FNO/c1-4-22(19-10-6-5-7-11-19)23-15-21(28)16-25(27(23)30-17-18(2)3)31-26(32)14-20-12-8-9-13-24(20)29;1-4-16(14-8-6-5-7-9-14)17-10-15(20)11-18(22(23)24)19(17)21-12-13(2)3;7-5-3-1-2-4-6(5)8-9/h4-13,15-16,18,22,30H,1,14,17H2,2-3H3,(H,31,32);4-11,13,16,21H,1,12H2,2-3H3;1-4H. The molecule has 0 heterocycles. The van der Waals surface area contributed by atoms with E-state index in [1.54, 1.807) is 24.3 Å². The summed E-state index contributed by atoms with van der Waals surface area (Å²) in [6, 6.07) is 39.3. The molecule has 0 aliphatic heterocycles. The van der Waals surface area contributed by atoms with Gasteiger partial charge in [0.05, 0.1) is 22.7 Å². The van der Waals surface area contributed by atoms with Crippen LogP contribution in [-0.4, -0.2) is 23.9 Å². The smallest absolute Gasteiger partial charge is 0.293 e. The van der Waals surface area contributed by atoms with E-state index in [1.165, 1.54) is 30.3 Å². The topological polar surface area (TPSA) is 126 Å². The van der Waals surface area contributed by atoms with Gasteiger partial charge in [-0.05, 0) is 81.2 Å². The van der Waals surface area contributed by atoms with Crippen LogP contribution < -0.4 is 16.0 Å². The summed E-state index contributed by atoms with van der Waals surface area (Å²) in [5.41, 5.74) is 6.36. The second kappa shape index (κ2) is 25.8. The molecule has 0 aliphatic rings. The highest BCUT2D eigenvalue weighted by molar-refractivity contribution is 9.10. The van der Waals surface area contributed by atoms with Gasteiger partial charge in [0.25, 0.3) is 5.69 Å². The highest BCUT2D eigenvalue weighted by Gasteiger charge is 2.25. The number of nitrogens with zero attached hydrogens (tertiary/aromatic N) is 2. The van der Waals surface area contributed by atoms with Crippen molar-refractivity contribution < 1.29 is 18.5 Å². The Bertz CT molecular complexity index is 2540. The number of nitroso groups, excluding NO2 is 1. The van der Waals surface area contributed by atoms with E-state index >= 15 is 0 Å². The fraction of sp³-hybridized carbons (Fsp3) is 0.212. The highest BCUT2D eigenvalue weighted by Crippen LogP contribution is 2.41. The van der Waals surface area contributed by atoms with E-state index in [2.05, 4.69) is 112 Å². The molecule has 338 valence electrons. The van der Waals surface area contributed by atoms with Gasteiger partial charge < -0.3 is 16.0 Å². The van der Waals surface area contributed by atoms with E-state index < -0.39 is 5.82 Å². The molecule has 0 saturated heterocycles. The summed E-state index contributed by atoms with van der Waals surface area (Å²) in [7, 11) is 0. The molecule has 2 atom stereocenters. The fourth-order valence-electron chi connectivity index (χ4n) is 6.72. The number of anilines is 3. The Morgan fingerprint density at radius 1 is 0.692 bits per heavy atom. The summed E-state index contributed by atoms with van der Waals surface area (Å²) >= 11 is 6.99. The van der Waals surface area contributed by atoms with Crippen molar-refractivity contribution in [1.29, 1.82) is 0 Å². The Labute approximate surface area is 396 Å². The van der Waals surface area contributed by atoms with Crippen molar-refractivity contribution in [1.82, 2.24) is 0 Å². The summed E-state index contributed by atoms with van der Waals surface area (Å²) in [6.45, 7) is 17.8. The molecule has 0 aromatic heterocycles. The largest absolute Gasteiger partial charge is 0.383 e. The van der Waals surface area contributed by atoms with E-state index in [-0.39, 0.29) is 46.3 Å². The van der Waals surface area contributed by atoms with Gasteiger partial charge in [0.2, 0.25) is 5.91 Å². The van der Waals surface area contributed by atoms with Crippen molar-refractivity contribution >= 4 is 66.2 Å². The zero-order valence-corrected chi connectivity index (χ0v) is 39.9. The van der Waals surface area contributed by atoms with Crippen LogP contribution in [0, 0.1) is 38.5 Å². The first-order valence-corrected chi connectivity index (χ1v) is 22.5. The Kier molecular flexibility index (Phi) is 20.4. The zero-order valence-electron chi connectivity index (χ0n) is 36.7. The van der Waals surface area contributed by atoms with Crippen molar-refractivity contribution in [2.45, 2.75) is 46.0 Å². The van der Waals surface area contributed by atoms with E-state index in [1.807, 2.05) is 72.8 Å². The normalized spacial score (nSPS) is 11.5. The van der Waals surface area contributed by atoms with Gasteiger partial charge in [0, 0.05) is 39.9 Å². The van der Waals surface area contributed by atoms with Gasteiger partial charge in [-0.15, -0.1) is 18.1 Å². The molecule has 0 saturated carbocycles. The molecule has 1 amide bonds. The van der Waals surface area contributed by atoms with Crippen molar-refractivity contribution in [2.75, 3.05) is 29.0 Å². The summed E-state index contributed by atoms with van der Waals surface area (Å²) in [5, 5.41) is 23.8. The number of carbonyl (C=O) groups excluding carboxylic acids is 1.